The SMILES string of the molecule is NC(=O)N(N)c1nc(OCc2ccccc2)nc(N(N)C(N)=O)n1. The van der Waals surface area contributed by atoms with Gasteiger partial charge >= 0.3 is 18.1 Å². The van der Waals surface area contributed by atoms with Crippen molar-refractivity contribution in [2.24, 2.45) is 23.2 Å². The Hall–Kier alpha value is -3.51. The van der Waals surface area contributed by atoms with Gasteiger partial charge in [0.15, 0.2) is 0 Å². The highest BCUT2D eigenvalue weighted by Gasteiger charge is 2.19. The quantitative estimate of drug-likeness (QED) is 0.303. The molecule has 8 N–H and O–H groups in total. The second-order valence-electron chi connectivity index (χ2n) is 4.41. The van der Waals surface area contributed by atoms with E-state index in [4.69, 9.17) is 27.9 Å². The molecule has 0 aliphatic rings. The Bertz CT molecular complexity index is 702. The highest BCUT2D eigenvalue weighted by atomic mass is 16.5. The molecule has 0 saturated carbocycles. The second-order valence-corrected chi connectivity index (χ2v) is 4.41. The van der Waals surface area contributed by atoms with Gasteiger partial charge in [0.25, 0.3) is 11.9 Å². The summed E-state index contributed by atoms with van der Waals surface area (Å²) in [5, 5.41) is 0.880. The maximum absolute atomic E-state index is 11.2. The van der Waals surface area contributed by atoms with Crippen molar-refractivity contribution < 1.29 is 14.3 Å². The Morgan fingerprint density at radius 2 is 1.42 bits per heavy atom. The number of hydrogen-bond donors (Lipinski definition) is 4. The number of anilines is 2. The first-order chi connectivity index (χ1) is 11.4. The molecule has 0 radical (unpaired) electrons. The largest absolute Gasteiger partial charge is 0.458 e. The molecule has 0 bridgehead atoms. The molecule has 1 heterocycles. The first-order valence-electron chi connectivity index (χ1n) is 6.50. The molecule has 126 valence electrons. The van der Waals surface area contributed by atoms with Crippen molar-refractivity contribution >= 4 is 24.0 Å². The molecule has 0 atom stereocenters. The Labute approximate surface area is 135 Å². The minimum atomic E-state index is -1.04. The maximum atomic E-state index is 11.2. The van der Waals surface area contributed by atoms with Crippen molar-refractivity contribution in [3.63, 3.8) is 0 Å². The number of aromatic nitrogens is 3. The second kappa shape index (κ2) is 7.17. The number of carbonyl (C=O) groups excluding carboxylic acids is 2. The van der Waals surface area contributed by atoms with Crippen molar-refractivity contribution in [2.75, 3.05) is 10.0 Å². The lowest BCUT2D eigenvalue weighted by Crippen LogP contribution is -2.45. The number of nitrogens with zero attached hydrogens (tertiary/aromatic N) is 5. The van der Waals surface area contributed by atoms with Crippen molar-refractivity contribution in [3.8, 4) is 6.01 Å². The average Bonchev–Trinajstić information content (AvgIpc) is 2.59. The predicted octanol–water partition coefficient (Wildman–Crippen LogP) is -1.03. The van der Waals surface area contributed by atoms with E-state index in [1.807, 2.05) is 30.3 Å². The van der Waals surface area contributed by atoms with Crippen LogP contribution in [0.2, 0.25) is 0 Å². The molecule has 24 heavy (non-hydrogen) atoms. The monoisotopic (exact) mass is 333 g/mol. The summed E-state index contributed by atoms with van der Waals surface area (Å²) in [4.78, 5) is 33.7. The summed E-state index contributed by atoms with van der Waals surface area (Å²) < 4.78 is 5.40. The Morgan fingerprint density at radius 3 is 1.88 bits per heavy atom. The number of amides is 4. The molecule has 0 spiro atoms. The van der Waals surface area contributed by atoms with Crippen LogP contribution in [0.3, 0.4) is 0 Å². The van der Waals surface area contributed by atoms with E-state index in [0.717, 1.165) is 5.56 Å². The highest BCUT2D eigenvalue weighted by Crippen LogP contribution is 2.16. The van der Waals surface area contributed by atoms with Crippen LogP contribution in [0.1, 0.15) is 5.56 Å². The molecule has 12 heteroatoms. The first-order valence-corrected chi connectivity index (χ1v) is 6.50. The van der Waals surface area contributed by atoms with E-state index in [0.29, 0.717) is 10.0 Å². The van der Waals surface area contributed by atoms with Gasteiger partial charge in [-0.3, -0.25) is 0 Å². The molecular formula is C12H15N9O3. The number of ether oxygens (including phenoxy) is 1. The number of benzene rings is 1. The minimum Gasteiger partial charge on any atom is -0.458 e. The Morgan fingerprint density at radius 1 is 0.917 bits per heavy atom. The molecule has 0 aliphatic carbocycles. The van der Waals surface area contributed by atoms with E-state index in [9.17, 15) is 9.59 Å². The lowest BCUT2D eigenvalue weighted by molar-refractivity contribution is 0.253. The third kappa shape index (κ3) is 4.02. The summed E-state index contributed by atoms with van der Waals surface area (Å²) in [6.07, 6.45) is 0. The van der Waals surface area contributed by atoms with Gasteiger partial charge in [-0.1, -0.05) is 30.3 Å². The van der Waals surface area contributed by atoms with E-state index < -0.39 is 12.1 Å². The van der Waals surface area contributed by atoms with Gasteiger partial charge in [0.2, 0.25) is 0 Å². The van der Waals surface area contributed by atoms with Crippen LogP contribution in [0.4, 0.5) is 21.5 Å². The molecule has 2 rings (SSSR count). The van der Waals surface area contributed by atoms with Crippen LogP contribution >= 0.6 is 0 Å². The van der Waals surface area contributed by atoms with Gasteiger partial charge in [-0.25, -0.2) is 21.3 Å². The molecule has 4 amide bonds. The minimum absolute atomic E-state index is 0.117. The molecule has 1 aromatic heterocycles. The van der Waals surface area contributed by atoms with Gasteiger partial charge in [0.1, 0.15) is 6.61 Å². The van der Waals surface area contributed by atoms with Crippen LogP contribution in [-0.2, 0) is 6.61 Å². The third-order valence-corrected chi connectivity index (χ3v) is 2.71. The van der Waals surface area contributed by atoms with Crippen LogP contribution in [0.15, 0.2) is 30.3 Å². The fourth-order valence-electron chi connectivity index (χ4n) is 1.53. The Balaban J connectivity index is 2.31. The smallest absolute Gasteiger partial charge is 0.336 e. The third-order valence-electron chi connectivity index (χ3n) is 2.71. The molecule has 0 aliphatic heterocycles. The van der Waals surface area contributed by atoms with E-state index >= 15 is 0 Å². The van der Waals surface area contributed by atoms with Gasteiger partial charge in [-0.2, -0.15) is 25.0 Å². The predicted molar refractivity (Wildman–Crippen MR) is 83.1 cm³/mol. The fourth-order valence-corrected chi connectivity index (χ4v) is 1.53. The first kappa shape index (κ1) is 16.9. The molecule has 1 aromatic carbocycles. The summed E-state index contributed by atoms with van der Waals surface area (Å²) in [6, 6.07) is 6.83. The zero-order valence-electron chi connectivity index (χ0n) is 12.4. The number of rotatable bonds is 5. The lowest BCUT2D eigenvalue weighted by Gasteiger charge is -2.16. The van der Waals surface area contributed by atoms with Crippen molar-refractivity contribution in [1.82, 2.24) is 15.0 Å². The topological polar surface area (TPSA) is 193 Å². The number of urea groups is 2. The summed E-state index contributed by atoms with van der Waals surface area (Å²) in [5.74, 6) is 10.1. The van der Waals surface area contributed by atoms with Gasteiger partial charge in [-0.15, -0.1) is 0 Å². The van der Waals surface area contributed by atoms with E-state index in [-0.39, 0.29) is 24.5 Å². The molecule has 12 nitrogen and oxygen atoms in total. The van der Waals surface area contributed by atoms with Gasteiger partial charge in [0, 0.05) is 0 Å². The van der Waals surface area contributed by atoms with E-state index in [1.165, 1.54) is 0 Å². The van der Waals surface area contributed by atoms with E-state index in [2.05, 4.69) is 15.0 Å². The normalized spacial score (nSPS) is 10.1. The number of hydrogen-bond acceptors (Lipinski definition) is 8. The fraction of sp³-hybridized carbons (Fsp3) is 0.0833. The van der Waals surface area contributed by atoms with Crippen LogP contribution in [0, 0.1) is 0 Å². The van der Waals surface area contributed by atoms with Crippen molar-refractivity contribution in [3.05, 3.63) is 35.9 Å². The number of primary amides is 2. The summed E-state index contributed by atoms with van der Waals surface area (Å²) in [5.41, 5.74) is 10.9. The maximum Gasteiger partial charge on any atom is 0.336 e. The number of carbonyl (C=O) groups is 2. The van der Waals surface area contributed by atoms with Crippen LogP contribution in [-0.4, -0.2) is 27.0 Å². The van der Waals surface area contributed by atoms with Gasteiger partial charge < -0.3 is 16.2 Å². The van der Waals surface area contributed by atoms with Crippen molar-refractivity contribution in [2.45, 2.75) is 6.61 Å². The highest BCUT2D eigenvalue weighted by molar-refractivity contribution is 5.89. The summed E-state index contributed by atoms with van der Waals surface area (Å²) in [7, 11) is 0. The van der Waals surface area contributed by atoms with Crippen LogP contribution < -0.4 is 37.9 Å². The van der Waals surface area contributed by atoms with Gasteiger partial charge in [0.05, 0.1) is 0 Å². The molecular weight excluding hydrogens is 318 g/mol. The Kier molecular flexibility index (Phi) is 5.03. The molecule has 0 unspecified atom stereocenters. The molecule has 0 saturated heterocycles. The summed E-state index contributed by atoms with van der Waals surface area (Å²) in [6.45, 7) is 0.117. The summed E-state index contributed by atoms with van der Waals surface area (Å²) >= 11 is 0. The molecule has 0 fully saturated rings. The van der Waals surface area contributed by atoms with Crippen molar-refractivity contribution in [1.29, 1.82) is 0 Å². The lowest BCUT2D eigenvalue weighted by atomic mass is 10.2. The number of nitrogens with two attached hydrogens (primary N) is 4. The van der Waals surface area contributed by atoms with E-state index in [1.54, 1.807) is 0 Å². The average molecular weight is 333 g/mol. The zero-order chi connectivity index (χ0) is 17.7. The number of hydrazine groups is 2. The standard InChI is InChI=1S/C12H15N9O3/c13-8(22)20(15)10-17-11(21(16)9(14)23)19-12(18-10)24-6-7-4-2-1-3-5-7/h1-5H,6,15-16H2,(H2,13,22)(H2,14,23). The van der Waals surface area contributed by atoms with Crippen LogP contribution in [0.25, 0.3) is 0 Å². The van der Waals surface area contributed by atoms with Crippen LogP contribution in [0.5, 0.6) is 6.01 Å². The zero-order valence-corrected chi connectivity index (χ0v) is 12.4. The molecule has 2 aromatic rings. The van der Waals surface area contributed by atoms with Gasteiger partial charge in [-0.05, 0) is 5.56 Å².